The van der Waals surface area contributed by atoms with Crippen LogP contribution in [0.25, 0.3) is 0 Å². The third-order valence-corrected chi connectivity index (χ3v) is 5.25. The number of anilines is 1. The Morgan fingerprint density at radius 2 is 1.86 bits per heavy atom. The molecule has 0 amide bonds. The Bertz CT molecular complexity index is 732. The van der Waals surface area contributed by atoms with Gasteiger partial charge in [0, 0.05) is 23.8 Å². The van der Waals surface area contributed by atoms with Crippen LogP contribution in [0, 0.1) is 0 Å². The Morgan fingerprint density at radius 1 is 1.14 bits per heavy atom. The summed E-state index contributed by atoms with van der Waals surface area (Å²) in [4.78, 5) is 0.200. The Morgan fingerprint density at radius 3 is 2.48 bits per heavy atom. The van der Waals surface area contributed by atoms with Crippen LogP contribution in [0.3, 0.4) is 0 Å². The molecule has 2 aromatic rings. The molecule has 0 aliphatic carbocycles. The van der Waals surface area contributed by atoms with Crippen LogP contribution in [0.15, 0.2) is 53.4 Å². The topological polar surface area (TPSA) is 63.4 Å². The van der Waals surface area contributed by atoms with Gasteiger partial charge in [0.05, 0.1) is 4.90 Å². The third kappa shape index (κ3) is 3.75. The highest BCUT2D eigenvalue weighted by molar-refractivity contribution is 7.89. The maximum absolute atomic E-state index is 12.6. The predicted molar refractivity (Wildman–Crippen MR) is 85.6 cm³/mol. The van der Waals surface area contributed by atoms with E-state index in [9.17, 15) is 8.42 Å². The molecule has 0 aromatic heterocycles. The monoisotopic (exact) mass is 324 g/mol. The molecule has 0 fully saturated rings. The molecule has 21 heavy (non-hydrogen) atoms. The highest BCUT2D eigenvalue weighted by atomic mass is 35.5. The summed E-state index contributed by atoms with van der Waals surface area (Å²) in [6.45, 7) is 2.44. The summed E-state index contributed by atoms with van der Waals surface area (Å²) in [6.07, 6.45) is 0. The fourth-order valence-corrected chi connectivity index (χ4v) is 3.74. The normalized spacial score (nSPS) is 11.8. The van der Waals surface area contributed by atoms with Crippen LogP contribution in [0.4, 0.5) is 5.69 Å². The number of halogens is 1. The smallest absolute Gasteiger partial charge is 0.243 e. The van der Waals surface area contributed by atoms with Gasteiger partial charge in [0.25, 0.3) is 0 Å². The zero-order chi connectivity index (χ0) is 15.5. The molecule has 4 nitrogen and oxygen atoms in total. The number of rotatable bonds is 5. The van der Waals surface area contributed by atoms with Crippen molar-refractivity contribution < 1.29 is 8.42 Å². The van der Waals surface area contributed by atoms with E-state index in [2.05, 4.69) is 0 Å². The van der Waals surface area contributed by atoms with Gasteiger partial charge in [0.2, 0.25) is 10.0 Å². The number of nitrogens with two attached hydrogens (primary N) is 1. The molecule has 0 unspecified atom stereocenters. The molecular formula is C15H17ClN2O2S. The lowest BCUT2D eigenvalue weighted by Gasteiger charge is -2.21. The van der Waals surface area contributed by atoms with Gasteiger partial charge >= 0.3 is 0 Å². The molecule has 0 aliphatic heterocycles. The molecule has 0 saturated heterocycles. The summed E-state index contributed by atoms with van der Waals surface area (Å²) in [5.74, 6) is 0. The van der Waals surface area contributed by atoms with Gasteiger partial charge in [0.15, 0.2) is 0 Å². The average molecular weight is 325 g/mol. The first-order valence-electron chi connectivity index (χ1n) is 6.53. The minimum absolute atomic E-state index is 0.200. The lowest BCUT2D eigenvalue weighted by molar-refractivity contribution is 0.423. The van der Waals surface area contributed by atoms with Crippen molar-refractivity contribution in [2.45, 2.75) is 18.4 Å². The molecule has 2 N–H and O–H groups in total. The Labute approximate surface area is 130 Å². The van der Waals surface area contributed by atoms with E-state index in [1.54, 1.807) is 43.3 Å². The van der Waals surface area contributed by atoms with Gasteiger partial charge < -0.3 is 5.73 Å². The first-order valence-corrected chi connectivity index (χ1v) is 8.35. The van der Waals surface area contributed by atoms with Gasteiger partial charge in [-0.2, -0.15) is 4.31 Å². The number of sulfonamides is 1. The first kappa shape index (κ1) is 15.8. The molecule has 2 aromatic carbocycles. The van der Waals surface area contributed by atoms with E-state index >= 15 is 0 Å². The van der Waals surface area contributed by atoms with Crippen molar-refractivity contribution in [2.24, 2.45) is 0 Å². The third-order valence-electron chi connectivity index (χ3n) is 3.10. The van der Waals surface area contributed by atoms with Crippen LogP contribution >= 0.6 is 11.6 Å². The van der Waals surface area contributed by atoms with Crippen LogP contribution in [0.5, 0.6) is 0 Å². The molecule has 2 rings (SSSR count). The summed E-state index contributed by atoms with van der Waals surface area (Å²) in [7, 11) is -3.57. The molecule has 0 atom stereocenters. The summed E-state index contributed by atoms with van der Waals surface area (Å²) in [5.41, 5.74) is 6.94. The molecule has 6 heteroatoms. The fourth-order valence-electron chi connectivity index (χ4n) is 2.03. The van der Waals surface area contributed by atoms with Crippen LogP contribution in [-0.2, 0) is 16.6 Å². The summed E-state index contributed by atoms with van der Waals surface area (Å²) >= 11 is 5.94. The Kier molecular flexibility index (Phi) is 4.88. The van der Waals surface area contributed by atoms with Crippen molar-refractivity contribution in [3.63, 3.8) is 0 Å². The lowest BCUT2D eigenvalue weighted by Crippen LogP contribution is -2.30. The number of nitrogen functional groups attached to an aromatic ring is 1. The molecular weight excluding hydrogens is 308 g/mol. The maximum Gasteiger partial charge on any atom is 0.243 e. The molecule has 0 aliphatic rings. The zero-order valence-corrected chi connectivity index (χ0v) is 13.2. The minimum Gasteiger partial charge on any atom is -0.399 e. The largest absolute Gasteiger partial charge is 0.399 e. The van der Waals surface area contributed by atoms with Crippen molar-refractivity contribution >= 4 is 27.3 Å². The van der Waals surface area contributed by atoms with E-state index in [1.807, 2.05) is 6.07 Å². The van der Waals surface area contributed by atoms with Gasteiger partial charge in [-0.05, 0) is 35.9 Å². The van der Waals surface area contributed by atoms with Gasteiger partial charge in [0.1, 0.15) is 0 Å². The Hall–Kier alpha value is -1.56. The number of hydrogen-bond donors (Lipinski definition) is 1. The van der Waals surface area contributed by atoms with Gasteiger partial charge in [-0.25, -0.2) is 8.42 Å². The summed E-state index contributed by atoms with van der Waals surface area (Å²) < 4.78 is 26.7. The SMILES string of the molecule is CCN(Cc1cccc(Cl)c1)S(=O)(=O)c1cccc(N)c1. The standard InChI is InChI=1S/C15H17ClN2O2S/c1-2-18(11-12-5-3-6-13(16)9-12)21(19,20)15-8-4-7-14(17)10-15/h3-10H,2,11,17H2,1H3. The lowest BCUT2D eigenvalue weighted by atomic mass is 10.2. The Balaban J connectivity index is 2.32. The summed E-state index contributed by atoms with van der Waals surface area (Å²) in [5, 5.41) is 0.588. The fraction of sp³-hybridized carbons (Fsp3) is 0.200. The van der Waals surface area contributed by atoms with E-state index in [0.29, 0.717) is 17.3 Å². The van der Waals surface area contributed by atoms with Crippen LogP contribution in [0.2, 0.25) is 5.02 Å². The van der Waals surface area contributed by atoms with Crippen molar-refractivity contribution in [1.29, 1.82) is 0 Å². The second-order valence-corrected chi connectivity index (χ2v) is 7.01. The number of hydrogen-bond acceptors (Lipinski definition) is 3. The van der Waals surface area contributed by atoms with Crippen LogP contribution < -0.4 is 5.73 Å². The molecule has 0 radical (unpaired) electrons. The van der Waals surface area contributed by atoms with Gasteiger partial charge in [-0.1, -0.05) is 36.7 Å². The van der Waals surface area contributed by atoms with E-state index in [1.165, 1.54) is 10.4 Å². The highest BCUT2D eigenvalue weighted by Gasteiger charge is 2.23. The summed E-state index contributed by atoms with van der Waals surface area (Å²) in [6, 6.07) is 13.5. The average Bonchev–Trinajstić information content (AvgIpc) is 2.44. The van der Waals surface area contributed by atoms with Crippen molar-refractivity contribution in [3.05, 3.63) is 59.1 Å². The van der Waals surface area contributed by atoms with E-state index in [-0.39, 0.29) is 11.4 Å². The number of benzene rings is 2. The van der Waals surface area contributed by atoms with E-state index in [0.717, 1.165) is 5.56 Å². The molecule has 0 bridgehead atoms. The van der Waals surface area contributed by atoms with Gasteiger partial charge in [-0.3, -0.25) is 0 Å². The van der Waals surface area contributed by atoms with Crippen molar-refractivity contribution in [1.82, 2.24) is 4.31 Å². The second kappa shape index (κ2) is 6.47. The minimum atomic E-state index is -3.57. The quantitative estimate of drug-likeness (QED) is 0.859. The van der Waals surface area contributed by atoms with Crippen molar-refractivity contribution in [2.75, 3.05) is 12.3 Å². The maximum atomic E-state index is 12.6. The predicted octanol–water partition coefficient (Wildman–Crippen LogP) is 3.13. The zero-order valence-electron chi connectivity index (χ0n) is 11.7. The second-order valence-electron chi connectivity index (χ2n) is 4.63. The molecule has 112 valence electrons. The van der Waals surface area contributed by atoms with E-state index < -0.39 is 10.0 Å². The first-order chi connectivity index (χ1) is 9.93. The van der Waals surface area contributed by atoms with Crippen LogP contribution in [-0.4, -0.2) is 19.3 Å². The molecule has 0 spiro atoms. The van der Waals surface area contributed by atoms with E-state index in [4.69, 9.17) is 17.3 Å². The molecule has 0 saturated carbocycles. The van der Waals surface area contributed by atoms with Crippen LogP contribution in [0.1, 0.15) is 12.5 Å². The number of nitrogens with zero attached hydrogens (tertiary/aromatic N) is 1. The highest BCUT2D eigenvalue weighted by Crippen LogP contribution is 2.21. The molecule has 0 heterocycles. The van der Waals surface area contributed by atoms with Gasteiger partial charge in [-0.15, -0.1) is 0 Å². The van der Waals surface area contributed by atoms with Crippen molar-refractivity contribution in [3.8, 4) is 0 Å².